The second kappa shape index (κ2) is 7.52. The molecule has 1 saturated heterocycles. The van der Waals surface area contributed by atoms with Gasteiger partial charge >= 0.3 is 5.97 Å². The van der Waals surface area contributed by atoms with Gasteiger partial charge in [-0.15, -0.1) is 0 Å². The summed E-state index contributed by atoms with van der Waals surface area (Å²) in [5, 5.41) is 12.3. The first-order valence-electron chi connectivity index (χ1n) is 8.59. The Bertz CT molecular complexity index is 631. The molecule has 1 heterocycles. The molecule has 138 valence electrons. The third kappa shape index (κ3) is 4.78. The molecule has 0 spiro atoms. The van der Waals surface area contributed by atoms with Crippen molar-refractivity contribution in [3.05, 3.63) is 29.8 Å². The largest absolute Gasteiger partial charge is 0.481 e. The van der Waals surface area contributed by atoms with E-state index in [1.54, 1.807) is 19.1 Å². The van der Waals surface area contributed by atoms with Gasteiger partial charge in [-0.1, -0.05) is 26.0 Å². The van der Waals surface area contributed by atoms with Gasteiger partial charge in [-0.2, -0.15) is 0 Å². The van der Waals surface area contributed by atoms with Crippen molar-refractivity contribution in [1.29, 1.82) is 0 Å². The SMILES string of the molecule is CC(C)(CC(=O)O)c1cccc(N(C=O)CC2CNCCC2(C)F)c1. The zero-order chi connectivity index (χ0) is 18.7. The predicted octanol–water partition coefficient (Wildman–Crippen LogP) is 2.74. The molecule has 1 aliphatic rings. The summed E-state index contributed by atoms with van der Waals surface area (Å²) >= 11 is 0. The van der Waals surface area contributed by atoms with Crippen LogP contribution in [0.5, 0.6) is 0 Å². The van der Waals surface area contributed by atoms with Crippen LogP contribution < -0.4 is 10.2 Å². The molecule has 0 bridgehead atoms. The van der Waals surface area contributed by atoms with Crippen LogP contribution in [0.1, 0.15) is 39.2 Å². The molecule has 0 saturated carbocycles. The number of piperidine rings is 1. The van der Waals surface area contributed by atoms with Crippen LogP contribution in [0.25, 0.3) is 0 Å². The number of benzene rings is 1. The first kappa shape index (κ1) is 19.4. The van der Waals surface area contributed by atoms with Crippen LogP contribution in [0, 0.1) is 5.92 Å². The fourth-order valence-corrected chi connectivity index (χ4v) is 3.31. The fourth-order valence-electron chi connectivity index (χ4n) is 3.31. The van der Waals surface area contributed by atoms with Crippen molar-refractivity contribution < 1.29 is 19.1 Å². The van der Waals surface area contributed by atoms with Gasteiger partial charge in [0, 0.05) is 30.1 Å². The third-order valence-corrected chi connectivity index (χ3v) is 5.13. The maximum atomic E-state index is 14.7. The molecule has 0 aliphatic carbocycles. The molecule has 2 rings (SSSR count). The minimum Gasteiger partial charge on any atom is -0.481 e. The van der Waals surface area contributed by atoms with Crippen molar-refractivity contribution in [2.45, 2.75) is 44.7 Å². The number of carboxylic acids is 1. The topological polar surface area (TPSA) is 69.6 Å². The fraction of sp³-hybridized carbons (Fsp3) is 0.579. The quantitative estimate of drug-likeness (QED) is 0.742. The molecule has 1 amide bonds. The summed E-state index contributed by atoms with van der Waals surface area (Å²) in [6, 6.07) is 7.28. The van der Waals surface area contributed by atoms with E-state index in [4.69, 9.17) is 5.11 Å². The summed E-state index contributed by atoms with van der Waals surface area (Å²) in [7, 11) is 0. The van der Waals surface area contributed by atoms with E-state index in [0.717, 1.165) is 5.56 Å². The monoisotopic (exact) mass is 350 g/mol. The highest BCUT2D eigenvalue weighted by molar-refractivity contribution is 5.76. The van der Waals surface area contributed by atoms with Crippen molar-refractivity contribution in [3.63, 3.8) is 0 Å². The van der Waals surface area contributed by atoms with Crippen LogP contribution in [0.15, 0.2) is 24.3 Å². The number of aliphatic carboxylic acids is 1. The third-order valence-electron chi connectivity index (χ3n) is 5.13. The standard InChI is InChI=1S/C19H27FN2O3/c1-18(2,10-17(24)25)14-5-4-6-16(9-14)22(13-23)12-15-11-21-8-7-19(15,3)20/h4-6,9,13,15,21H,7-8,10-12H2,1-3H3,(H,24,25). The van der Waals surface area contributed by atoms with Crippen molar-refractivity contribution in [1.82, 2.24) is 5.32 Å². The van der Waals surface area contributed by atoms with Gasteiger partial charge in [-0.3, -0.25) is 9.59 Å². The van der Waals surface area contributed by atoms with E-state index in [9.17, 15) is 14.0 Å². The normalized spacial score (nSPS) is 23.9. The molecular formula is C19H27FN2O3. The molecule has 25 heavy (non-hydrogen) atoms. The van der Waals surface area contributed by atoms with E-state index >= 15 is 0 Å². The first-order chi connectivity index (χ1) is 11.7. The Morgan fingerprint density at radius 1 is 1.52 bits per heavy atom. The zero-order valence-corrected chi connectivity index (χ0v) is 15.1. The second-order valence-electron chi connectivity index (χ2n) is 7.69. The van der Waals surface area contributed by atoms with Crippen LogP contribution in [0.4, 0.5) is 10.1 Å². The zero-order valence-electron chi connectivity index (χ0n) is 15.1. The molecule has 2 atom stereocenters. The molecule has 6 heteroatoms. The lowest BCUT2D eigenvalue weighted by Gasteiger charge is -2.37. The Balaban J connectivity index is 2.22. The van der Waals surface area contributed by atoms with E-state index in [2.05, 4.69) is 5.32 Å². The maximum absolute atomic E-state index is 14.7. The number of anilines is 1. The number of halogens is 1. The number of alkyl halides is 1. The molecule has 0 aromatic heterocycles. The van der Waals surface area contributed by atoms with Gasteiger partial charge in [-0.05, 0) is 37.6 Å². The van der Waals surface area contributed by atoms with Crippen LogP contribution in [0.2, 0.25) is 0 Å². The number of hydrogen-bond donors (Lipinski definition) is 2. The number of nitrogens with zero attached hydrogens (tertiary/aromatic N) is 1. The van der Waals surface area contributed by atoms with Gasteiger partial charge in [0.2, 0.25) is 6.41 Å². The number of rotatable bonds is 7. The molecule has 1 fully saturated rings. The highest BCUT2D eigenvalue weighted by Crippen LogP contribution is 2.32. The summed E-state index contributed by atoms with van der Waals surface area (Å²) < 4.78 is 14.7. The van der Waals surface area contributed by atoms with Gasteiger partial charge < -0.3 is 15.3 Å². The highest BCUT2D eigenvalue weighted by atomic mass is 19.1. The molecule has 0 radical (unpaired) electrons. The summed E-state index contributed by atoms with van der Waals surface area (Å²) in [5.41, 5.74) is -0.374. The number of carbonyl (C=O) groups is 2. The first-order valence-corrected chi connectivity index (χ1v) is 8.59. The summed E-state index contributed by atoms with van der Waals surface area (Å²) in [5.74, 6) is -1.16. The van der Waals surface area contributed by atoms with E-state index in [-0.39, 0.29) is 18.9 Å². The van der Waals surface area contributed by atoms with Gasteiger partial charge in [0.25, 0.3) is 0 Å². The Morgan fingerprint density at radius 3 is 2.84 bits per heavy atom. The van der Waals surface area contributed by atoms with Crippen LogP contribution in [-0.2, 0) is 15.0 Å². The summed E-state index contributed by atoms with van der Waals surface area (Å²) in [6.45, 7) is 6.76. The lowest BCUT2D eigenvalue weighted by molar-refractivity contribution is -0.138. The van der Waals surface area contributed by atoms with Crippen LogP contribution in [-0.4, -0.2) is 42.8 Å². The Kier molecular flexibility index (Phi) is 5.83. The molecule has 1 aromatic carbocycles. The van der Waals surface area contributed by atoms with Gasteiger partial charge in [0.1, 0.15) is 5.67 Å². The number of carboxylic acid groups (broad SMARTS) is 1. The van der Waals surface area contributed by atoms with Crippen molar-refractivity contribution in [2.75, 3.05) is 24.5 Å². The average molecular weight is 350 g/mol. The molecule has 2 N–H and O–H groups in total. The van der Waals surface area contributed by atoms with Crippen molar-refractivity contribution >= 4 is 18.1 Å². The van der Waals surface area contributed by atoms with Crippen LogP contribution >= 0.6 is 0 Å². The molecule has 1 aliphatic heterocycles. The van der Waals surface area contributed by atoms with Gasteiger partial charge in [-0.25, -0.2) is 4.39 Å². The van der Waals surface area contributed by atoms with Crippen LogP contribution in [0.3, 0.4) is 0 Å². The molecular weight excluding hydrogens is 323 g/mol. The number of nitrogens with one attached hydrogen (secondary N) is 1. The maximum Gasteiger partial charge on any atom is 0.304 e. The Labute approximate surface area is 148 Å². The van der Waals surface area contributed by atoms with E-state index in [0.29, 0.717) is 31.6 Å². The number of hydrogen-bond acceptors (Lipinski definition) is 3. The molecule has 1 aromatic rings. The van der Waals surface area contributed by atoms with Crippen molar-refractivity contribution in [2.24, 2.45) is 5.92 Å². The smallest absolute Gasteiger partial charge is 0.304 e. The van der Waals surface area contributed by atoms with E-state index in [1.165, 1.54) is 4.90 Å². The van der Waals surface area contributed by atoms with Gasteiger partial charge in [0.05, 0.1) is 6.42 Å². The minimum atomic E-state index is -1.31. The Hall–Kier alpha value is -1.95. The number of carbonyl (C=O) groups excluding carboxylic acids is 1. The highest BCUT2D eigenvalue weighted by Gasteiger charge is 2.37. The lowest BCUT2D eigenvalue weighted by Crippen LogP contribution is -2.50. The minimum absolute atomic E-state index is 0.00730. The van der Waals surface area contributed by atoms with E-state index in [1.807, 2.05) is 26.0 Å². The Morgan fingerprint density at radius 2 is 2.24 bits per heavy atom. The van der Waals surface area contributed by atoms with Crippen molar-refractivity contribution in [3.8, 4) is 0 Å². The average Bonchev–Trinajstić information content (AvgIpc) is 2.52. The molecule has 2 unspecified atom stereocenters. The number of amides is 1. The van der Waals surface area contributed by atoms with E-state index < -0.39 is 17.1 Å². The second-order valence-corrected chi connectivity index (χ2v) is 7.69. The predicted molar refractivity (Wildman–Crippen MR) is 95.6 cm³/mol. The summed E-state index contributed by atoms with van der Waals surface area (Å²) in [4.78, 5) is 24.2. The van der Waals surface area contributed by atoms with Gasteiger partial charge in [0.15, 0.2) is 0 Å². The lowest BCUT2D eigenvalue weighted by atomic mass is 9.81. The molecule has 5 nitrogen and oxygen atoms in total. The summed E-state index contributed by atoms with van der Waals surface area (Å²) in [6.07, 6.45) is 1.14.